The lowest BCUT2D eigenvalue weighted by Gasteiger charge is -2.12. The third kappa shape index (κ3) is 3.69. The van der Waals surface area contributed by atoms with Gasteiger partial charge in [0.25, 0.3) is 0 Å². The number of rotatable bonds is 5. The van der Waals surface area contributed by atoms with E-state index in [0.29, 0.717) is 5.71 Å². The van der Waals surface area contributed by atoms with Gasteiger partial charge in [0.2, 0.25) is 0 Å². The first-order chi connectivity index (χ1) is 21.7. The lowest BCUT2D eigenvalue weighted by molar-refractivity contribution is 0.605. The van der Waals surface area contributed by atoms with Crippen LogP contribution in [0.5, 0.6) is 0 Å². The molecule has 0 atom stereocenters. The summed E-state index contributed by atoms with van der Waals surface area (Å²) < 4.78 is 8.25. The Bertz CT molecular complexity index is 2520. The third-order valence-electron chi connectivity index (χ3n) is 8.84. The van der Waals surface area contributed by atoms with Gasteiger partial charge in [-0.2, -0.15) is 0 Å². The van der Waals surface area contributed by atoms with E-state index in [9.17, 15) is 0 Å². The molecule has 3 heterocycles. The van der Waals surface area contributed by atoms with Gasteiger partial charge in [0.05, 0.1) is 33.3 Å². The molecule has 0 bridgehead atoms. The summed E-state index contributed by atoms with van der Waals surface area (Å²) in [6.07, 6.45) is 11.5. The van der Waals surface area contributed by atoms with Crippen molar-refractivity contribution in [3.05, 3.63) is 138 Å². The van der Waals surface area contributed by atoms with Crippen LogP contribution in [0.15, 0.2) is 137 Å². The minimum atomic E-state index is 0.546. The Morgan fingerprint density at radius 2 is 1.70 bits per heavy atom. The molecule has 44 heavy (non-hydrogen) atoms. The Labute approximate surface area is 252 Å². The second kappa shape index (κ2) is 9.61. The van der Waals surface area contributed by atoms with Crippen LogP contribution >= 0.6 is 0 Å². The minimum Gasteiger partial charge on any atom is -0.443 e. The first-order valence-corrected chi connectivity index (χ1v) is 14.9. The quantitative estimate of drug-likeness (QED) is 0.211. The van der Waals surface area contributed by atoms with Crippen molar-refractivity contribution in [3.8, 4) is 11.1 Å². The molecule has 3 aromatic heterocycles. The normalized spacial score (nSPS) is 13.8. The van der Waals surface area contributed by atoms with Crippen molar-refractivity contribution in [1.82, 2.24) is 9.38 Å². The molecule has 1 aliphatic carbocycles. The second-order valence-electron chi connectivity index (χ2n) is 11.4. The Balaban J connectivity index is 1.13. The predicted molar refractivity (Wildman–Crippen MR) is 181 cm³/mol. The standard InChI is InChI=1S/C39H26N4O/c40-37(25-10-2-1-3-11-25)28-13-4-6-15-32(28)41-22-24-9-8-12-26(19-24)27-17-18-35-30(20-27)31-21-33-39(44-23-42-33)36-29-14-5-7-16-34(29)43(35)38(31)36/h1-2,4-10,12-23,40H,3,11H2. The molecule has 0 unspecified atom stereocenters. The highest BCUT2D eigenvalue weighted by Gasteiger charge is 2.22. The molecule has 9 rings (SSSR count). The number of aliphatic imine (C=N–C) groups is 1. The van der Waals surface area contributed by atoms with Crippen LogP contribution in [-0.2, 0) is 0 Å². The number of aromatic nitrogens is 2. The van der Waals surface area contributed by atoms with Gasteiger partial charge >= 0.3 is 0 Å². The molecule has 0 radical (unpaired) electrons. The fraction of sp³-hybridized carbons (Fsp3) is 0.0513. The summed E-state index contributed by atoms with van der Waals surface area (Å²) in [6, 6.07) is 33.8. The van der Waals surface area contributed by atoms with Crippen LogP contribution in [0.3, 0.4) is 0 Å². The zero-order valence-electron chi connectivity index (χ0n) is 23.8. The van der Waals surface area contributed by atoms with E-state index in [0.717, 1.165) is 62.8 Å². The SMILES string of the molecule is N=C(C1=CC=CCC1)c1ccccc1N=Cc1cccc(-c2ccc3c(c2)c2cc4ncoc4c4c5ccccc5n3c24)c1. The van der Waals surface area contributed by atoms with Gasteiger partial charge in [-0.15, -0.1) is 0 Å². The third-order valence-corrected chi connectivity index (χ3v) is 8.84. The average Bonchev–Trinajstić information content (AvgIpc) is 3.78. The highest BCUT2D eigenvalue weighted by Crippen LogP contribution is 2.43. The summed E-state index contributed by atoms with van der Waals surface area (Å²) in [5.74, 6) is 0. The number of hydrogen-bond donors (Lipinski definition) is 1. The number of fused-ring (bicyclic) bond motifs is 8. The number of nitrogens with zero attached hydrogens (tertiary/aromatic N) is 3. The highest BCUT2D eigenvalue weighted by molar-refractivity contribution is 6.30. The van der Waals surface area contributed by atoms with Crippen LogP contribution in [0, 0.1) is 5.41 Å². The Morgan fingerprint density at radius 1 is 0.841 bits per heavy atom. The van der Waals surface area contributed by atoms with Crippen molar-refractivity contribution >= 4 is 66.8 Å². The first-order valence-electron chi connectivity index (χ1n) is 14.9. The zero-order chi connectivity index (χ0) is 29.2. The number of oxazole rings is 1. The largest absolute Gasteiger partial charge is 0.443 e. The van der Waals surface area contributed by atoms with Gasteiger partial charge in [-0.1, -0.05) is 78.9 Å². The maximum Gasteiger partial charge on any atom is 0.182 e. The van der Waals surface area contributed by atoms with Crippen molar-refractivity contribution in [2.24, 2.45) is 4.99 Å². The molecule has 8 aromatic rings. The molecular weight excluding hydrogens is 540 g/mol. The Kier molecular flexibility index (Phi) is 5.41. The topological polar surface area (TPSA) is 66.7 Å². The monoisotopic (exact) mass is 566 g/mol. The van der Waals surface area contributed by atoms with E-state index in [1.54, 1.807) is 0 Å². The lowest BCUT2D eigenvalue weighted by atomic mass is 9.94. The molecule has 0 saturated heterocycles. The molecule has 1 N–H and O–H groups in total. The van der Waals surface area contributed by atoms with E-state index in [4.69, 9.17) is 14.8 Å². The number of para-hydroxylation sites is 2. The molecule has 1 aliphatic rings. The lowest BCUT2D eigenvalue weighted by Crippen LogP contribution is -2.05. The summed E-state index contributed by atoms with van der Waals surface area (Å²) in [4.78, 5) is 9.38. The average molecular weight is 567 g/mol. The molecule has 5 aromatic carbocycles. The second-order valence-corrected chi connectivity index (χ2v) is 11.4. The van der Waals surface area contributed by atoms with Gasteiger partial charge in [-0.05, 0) is 71.5 Å². The van der Waals surface area contributed by atoms with E-state index < -0.39 is 0 Å². The summed E-state index contributed by atoms with van der Waals surface area (Å²) in [5.41, 5.74) is 11.7. The smallest absolute Gasteiger partial charge is 0.182 e. The zero-order valence-corrected chi connectivity index (χ0v) is 23.8. The van der Waals surface area contributed by atoms with E-state index in [-0.39, 0.29) is 0 Å². The summed E-state index contributed by atoms with van der Waals surface area (Å²) >= 11 is 0. The number of benzene rings is 5. The van der Waals surface area contributed by atoms with Crippen LogP contribution in [0.25, 0.3) is 60.3 Å². The molecule has 0 spiro atoms. The summed E-state index contributed by atoms with van der Waals surface area (Å²) in [6.45, 7) is 0. The number of allylic oxidation sites excluding steroid dienone is 4. The fourth-order valence-corrected chi connectivity index (χ4v) is 6.78. The van der Waals surface area contributed by atoms with E-state index in [1.165, 1.54) is 39.1 Å². The van der Waals surface area contributed by atoms with Gasteiger partial charge in [-0.3, -0.25) is 10.4 Å². The van der Waals surface area contributed by atoms with Crippen molar-refractivity contribution < 1.29 is 4.42 Å². The molecule has 208 valence electrons. The fourth-order valence-electron chi connectivity index (χ4n) is 6.78. The van der Waals surface area contributed by atoms with Gasteiger partial charge in [-0.25, -0.2) is 4.98 Å². The van der Waals surface area contributed by atoms with Gasteiger partial charge in [0, 0.05) is 27.9 Å². The predicted octanol–water partition coefficient (Wildman–Crippen LogP) is 10.0. The van der Waals surface area contributed by atoms with Crippen LogP contribution in [0.1, 0.15) is 24.0 Å². The molecule has 5 heteroatoms. The number of nitrogens with one attached hydrogen (secondary N) is 1. The van der Waals surface area contributed by atoms with Crippen molar-refractivity contribution in [3.63, 3.8) is 0 Å². The molecule has 0 saturated carbocycles. The molecule has 0 fully saturated rings. The summed E-state index contributed by atoms with van der Waals surface area (Å²) in [7, 11) is 0. The first kappa shape index (κ1) is 24.8. The van der Waals surface area contributed by atoms with Crippen molar-refractivity contribution in [2.45, 2.75) is 12.8 Å². The van der Waals surface area contributed by atoms with Crippen LogP contribution < -0.4 is 0 Å². The van der Waals surface area contributed by atoms with E-state index in [2.05, 4.69) is 88.3 Å². The molecule has 5 nitrogen and oxygen atoms in total. The molecule has 0 amide bonds. The van der Waals surface area contributed by atoms with Crippen molar-refractivity contribution in [1.29, 1.82) is 5.41 Å². The molecule has 0 aliphatic heterocycles. The van der Waals surface area contributed by atoms with Crippen molar-refractivity contribution in [2.75, 3.05) is 0 Å². The van der Waals surface area contributed by atoms with Crippen LogP contribution in [-0.4, -0.2) is 21.3 Å². The highest BCUT2D eigenvalue weighted by atomic mass is 16.3. The Morgan fingerprint density at radius 3 is 2.64 bits per heavy atom. The maximum atomic E-state index is 8.83. The van der Waals surface area contributed by atoms with E-state index >= 15 is 0 Å². The van der Waals surface area contributed by atoms with Crippen LogP contribution in [0.4, 0.5) is 5.69 Å². The Hall–Kier alpha value is -5.81. The molecular formula is C39H26N4O. The van der Waals surface area contributed by atoms with Gasteiger partial charge in [0.1, 0.15) is 5.52 Å². The van der Waals surface area contributed by atoms with Gasteiger partial charge in [0.15, 0.2) is 12.0 Å². The summed E-state index contributed by atoms with van der Waals surface area (Å²) in [5, 5.41) is 13.5. The minimum absolute atomic E-state index is 0.546. The van der Waals surface area contributed by atoms with E-state index in [1.807, 2.05) is 42.6 Å². The van der Waals surface area contributed by atoms with Gasteiger partial charge < -0.3 is 8.82 Å². The van der Waals surface area contributed by atoms with Crippen LogP contribution in [0.2, 0.25) is 0 Å². The number of hydrogen-bond acceptors (Lipinski definition) is 4. The maximum absolute atomic E-state index is 8.83.